The van der Waals surface area contributed by atoms with Crippen molar-refractivity contribution in [2.75, 3.05) is 38.7 Å². The second-order valence-electron chi connectivity index (χ2n) is 4.23. The molecule has 0 amide bonds. The van der Waals surface area contributed by atoms with E-state index in [9.17, 15) is 0 Å². The summed E-state index contributed by atoms with van der Waals surface area (Å²) in [4.78, 5) is 2.32. The summed E-state index contributed by atoms with van der Waals surface area (Å²) in [6, 6.07) is 0. The monoisotopic (exact) mass is 251 g/mol. The Labute approximate surface area is 90.8 Å². The molecular weight excluding hydrogens is 230 g/mol. The number of nitrogens with zero attached hydrogens (tertiary/aromatic N) is 1. The third-order valence-electron chi connectivity index (χ3n) is 1.88. The van der Waals surface area contributed by atoms with Crippen molar-refractivity contribution >= 4 is 15.9 Å². The predicted molar refractivity (Wildman–Crippen MR) is 61.6 cm³/mol. The van der Waals surface area contributed by atoms with Crippen molar-refractivity contribution in [1.29, 1.82) is 0 Å². The third-order valence-corrected chi connectivity index (χ3v) is 3.40. The lowest BCUT2D eigenvalue weighted by Gasteiger charge is -2.28. The predicted octanol–water partition coefficient (Wildman–Crippen LogP) is 2.38. The molecular formula is C10H22BrNO. The van der Waals surface area contributed by atoms with E-state index < -0.39 is 0 Å². The van der Waals surface area contributed by atoms with Gasteiger partial charge in [-0.1, -0.05) is 29.8 Å². The van der Waals surface area contributed by atoms with Gasteiger partial charge >= 0.3 is 0 Å². The molecule has 0 aliphatic heterocycles. The molecule has 0 fully saturated rings. The van der Waals surface area contributed by atoms with Crippen LogP contribution >= 0.6 is 15.9 Å². The Kier molecular flexibility index (Phi) is 7.00. The zero-order valence-corrected chi connectivity index (χ0v) is 10.9. The third kappa shape index (κ3) is 7.47. The number of ether oxygens (including phenoxy) is 1. The molecule has 0 spiro atoms. The van der Waals surface area contributed by atoms with Gasteiger partial charge < -0.3 is 9.64 Å². The molecule has 0 saturated carbocycles. The van der Waals surface area contributed by atoms with E-state index in [4.69, 9.17) is 4.74 Å². The van der Waals surface area contributed by atoms with Gasteiger partial charge in [0.1, 0.15) is 0 Å². The normalized spacial score (nSPS) is 12.5. The Morgan fingerprint density at radius 2 is 2.00 bits per heavy atom. The van der Waals surface area contributed by atoms with Crippen LogP contribution in [0.4, 0.5) is 0 Å². The molecule has 2 nitrogen and oxygen atoms in total. The van der Waals surface area contributed by atoms with E-state index in [1.54, 1.807) is 0 Å². The van der Waals surface area contributed by atoms with Crippen molar-refractivity contribution in [3.05, 3.63) is 0 Å². The van der Waals surface area contributed by atoms with E-state index in [2.05, 4.69) is 41.7 Å². The van der Waals surface area contributed by atoms with Gasteiger partial charge in [0.15, 0.2) is 0 Å². The molecule has 80 valence electrons. The molecule has 0 aromatic heterocycles. The SMILES string of the molecule is CCOCCN(C)CC(C)(C)CBr. The number of rotatable bonds is 7. The van der Waals surface area contributed by atoms with Crippen molar-refractivity contribution in [3.8, 4) is 0 Å². The highest BCUT2D eigenvalue weighted by Gasteiger charge is 2.17. The summed E-state index contributed by atoms with van der Waals surface area (Å²) < 4.78 is 5.30. The molecule has 0 bridgehead atoms. The topological polar surface area (TPSA) is 12.5 Å². The van der Waals surface area contributed by atoms with Crippen molar-refractivity contribution in [2.24, 2.45) is 5.41 Å². The lowest BCUT2D eigenvalue weighted by molar-refractivity contribution is 0.111. The van der Waals surface area contributed by atoms with Gasteiger partial charge in [-0.15, -0.1) is 0 Å². The van der Waals surface area contributed by atoms with E-state index in [-0.39, 0.29) is 0 Å². The minimum atomic E-state index is 0.348. The van der Waals surface area contributed by atoms with Crippen LogP contribution in [0.3, 0.4) is 0 Å². The first-order valence-corrected chi connectivity index (χ1v) is 5.96. The van der Waals surface area contributed by atoms with E-state index in [0.717, 1.165) is 31.6 Å². The van der Waals surface area contributed by atoms with Crippen molar-refractivity contribution < 1.29 is 4.74 Å². The summed E-state index contributed by atoms with van der Waals surface area (Å²) in [6.45, 7) is 10.3. The molecule has 0 aliphatic carbocycles. The van der Waals surface area contributed by atoms with Crippen LogP contribution in [-0.2, 0) is 4.74 Å². The average Bonchev–Trinajstić information content (AvgIpc) is 2.04. The minimum absolute atomic E-state index is 0.348. The quantitative estimate of drug-likeness (QED) is 0.509. The van der Waals surface area contributed by atoms with Crippen molar-refractivity contribution in [1.82, 2.24) is 4.90 Å². The van der Waals surface area contributed by atoms with E-state index >= 15 is 0 Å². The van der Waals surface area contributed by atoms with Gasteiger partial charge in [0.05, 0.1) is 6.61 Å². The van der Waals surface area contributed by atoms with Gasteiger partial charge in [-0.2, -0.15) is 0 Å². The Morgan fingerprint density at radius 3 is 2.46 bits per heavy atom. The first kappa shape index (κ1) is 13.4. The lowest BCUT2D eigenvalue weighted by atomic mass is 9.96. The smallest absolute Gasteiger partial charge is 0.0593 e. The first-order chi connectivity index (χ1) is 6.02. The van der Waals surface area contributed by atoms with Crippen LogP contribution in [0.1, 0.15) is 20.8 Å². The highest BCUT2D eigenvalue weighted by Crippen LogP contribution is 2.18. The van der Waals surface area contributed by atoms with E-state index in [1.807, 2.05) is 6.92 Å². The molecule has 0 N–H and O–H groups in total. The van der Waals surface area contributed by atoms with Crippen molar-refractivity contribution in [3.63, 3.8) is 0 Å². The van der Waals surface area contributed by atoms with Crippen LogP contribution in [0.5, 0.6) is 0 Å². The Morgan fingerprint density at radius 1 is 1.38 bits per heavy atom. The molecule has 0 aliphatic rings. The van der Waals surface area contributed by atoms with E-state index in [1.165, 1.54) is 0 Å². The van der Waals surface area contributed by atoms with Gasteiger partial charge in [-0.05, 0) is 19.4 Å². The molecule has 3 heteroatoms. The van der Waals surface area contributed by atoms with Gasteiger partial charge in [-0.3, -0.25) is 0 Å². The van der Waals surface area contributed by atoms with Crippen LogP contribution < -0.4 is 0 Å². The summed E-state index contributed by atoms with van der Waals surface area (Å²) in [7, 11) is 2.14. The highest BCUT2D eigenvalue weighted by molar-refractivity contribution is 9.09. The molecule has 0 saturated heterocycles. The zero-order valence-electron chi connectivity index (χ0n) is 9.27. The largest absolute Gasteiger partial charge is 0.380 e. The van der Waals surface area contributed by atoms with Crippen LogP contribution in [0.15, 0.2) is 0 Å². The van der Waals surface area contributed by atoms with Crippen LogP contribution in [-0.4, -0.2) is 43.6 Å². The number of alkyl halides is 1. The fourth-order valence-corrected chi connectivity index (χ4v) is 1.39. The number of hydrogen-bond donors (Lipinski definition) is 0. The fourth-order valence-electron chi connectivity index (χ4n) is 1.22. The molecule has 0 aromatic rings. The molecule has 0 heterocycles. The average molecular weight is 252 g/mol. The number of hydrogen-bond acceptors (Lipinski definition) is 2. The summed E-state index contributed by atoms with van der Waals surface area (Å²) in [5.74, 6) is 0. The summed E-state index contributed by atoms with van der Waals surface area (Å²) in [6.07, 6.45) is 0. The lowest BCUT2D eigenvalue weighted by Crippen LogP contribution is -2.34. The molecule has 0 atom stereocenters. The van der Waals surface area contributed by atoms with Gasteiger partial charge in [0.25, 0.3) is 0 Å². The first-order valence-electron chi connectivity index (χ1n) is 4.84. The van der Waals surface area contributed by atoms with Crippen LogP contribution in [0.25, 0.3) is 0 Å². The number of likely N-dealkylation sites (N-methyl/N-ethyl adjacent to an activating group) is 1. The number of halogens is 1. The van der Waals surface area contributed by atoms with Gasteiger partial charge in [-0.25, -0.2) is 0 Å². The molecule has 13 heavy (non-hydrogen) atoms. The maximum Gasteiger partial charge on any atom is 0.0593 e. The van der Waals surface area contributed by atoms with Crippen LogP contribution in [0.2, 0.25) is 0 Å². The Hall–Kier alpha value is 0.400. The summed E-state index contributed by atoms with van der Waals surface area (Å²) >= 11 is 3.52. The highest BCUT2D eigenvalue weighted by atomic mass is 79.9. The molecule has 0 rings (SSSR count). The molecule has 0 unspecified atom stereocenters. The summed E-state index contributed by atoms with van der Waals surface area (Å²) in [5, 5.41) is 1.04. The maximum absolute atomic E-state index is 5.30. The van der Waals surface area contributed by atoms with Crippen LogP contribution in [0, 0.1) is 5.41 Å². The maximum atomic E-state index is 5.30. The van der Waals surface area contributed by atoms with Gasteiger partial charge in [0.2, 0.25) is 0 Å². The standard InChI is InChI=1S/C10H22BrNO/c1-5-13-7-6-12(4)9-10(2,3)8-11/h5-9H2,1-4H3. The fraction of sp³-hybridized carbons (Fsp3) is 1.00. The van der Waals surface area contributed by atoms with Gasteiger partial charge in [0, 0.05) is 25.0 Å². The molecule has 0 radical (unpaired) electrons. The second kappa shape index (κ2) is 6.80. The minimum Gasteiger partial charge on any atom is -0.380 e. The zero-order chi connectivity index (χ0) is 10.3. The van der Waals surface area contributed by atoms with Crippen molar-refractivity contribution in [2.45, 2.75) is 20.8 Å². The summed E-state index contributed by atoms with van der Waals surface area (Å²) in [5.41, 5.74) is 0.348. The van der Waals surface area contributed by atoms with E-state index in [0.29, 0.717) is 5.41 Å². The second-order valence-corrected chi connectivity index (χ2v) is 4.79. The Balaban J connectivity index is 3.55. The molecule has 0 aromatic carbocycles. The Bertz CT molecular complexity index is 128.